The summed E-state index contributed by atoms with van der Waals surface area (Å²) in [6, 6.07) is 2.07. The molecule has 3 heterocycles. The number of ether oxygens (including phenoxy) is 2. The summed E-state index contributed by atoms with van der Waals surface area (Å²) in [5.41, 5.74) is 5.39. The number of amides is 2. The van der Waals surface area contributed by atoms with Crippen LogP contribution in [-0.2, 0) is 32.0 Å². The molecule has 1 aromatic carbocycles. The number of likely N-dealkylation sites (tertiary alicyclic amines) is 1. The molecule has 228 valence electrons. The molecule has 0 radical (unpaired) electrons. The Bertz CT molecular complexity index is 1330. The van der Waals surface area contributed by atoms with Gasteiger partial charge in [0.2, 0.25) is 5.91 Å². The van der Waals surface area contributed by atoms with E-state index in [1.165, 1.54) is 23.2 Å². The highest BCUT2D eigenvalue weighted by Crippen LogP contribution is 2.44. The van der Waals surface area contributed by atoms with Gasteiger partial charge in [-0.15, -0.1) is 0 Å². The average molecular weight is 587 g/mol. The van der Waals surface area contributed by atoms with Crippen molar-refractivity contribution in [2.45, 2.75) is 89.9 Å². The molecule has 0 spiro atoms. The molecule has 2 amide bonds. The number of rotatable bonds is 9. The second-order valence-electron chi connectivity index (χ2n) is 12.9. The molecular formula is C31H40F2N4O5. The van der Waals surface area contributed by atoms with E-state index in [0.29, 0.717) is 37.7 Å². The van der Waals surface area contributed by atoms with Gasteiger partial charge in [0.25, 0.3) is 0 Å². The highest BCUT2D eigenvalue weighted by atomic mass is 19.2. The van der Waals surface area contributed by atoms with E-state index in [0.717, 1.165) is 25.7 Å². The number of hydrogen-bond donors (Lipinski definition) is 1. The fraction of sp³-hybridized carbons (Fsp3) is 0.613. The lowest BCUT2D eigenvalue weighted by atomic mass is 9.86. The minimum atomic E-state index is -1.08. The van der Waals surface area contributed by atoms with Gasteiger partial charge in [-0.25, -0.2) is 13.6 Å². The molecule has 9 nitrogen and oxygen atoms in total. The third-order valence-electron chi connectivity index (χ3n) is 8.73. The van der Waals surface area contributed by atoms with Crippen LogP contribution in [0.3, 0.4) is 0 Å². The van der Waals surface area contributed by atoms with Crippen molar-refractivity contribution in [3.63, 3.8) is 0 Å². The monoisotopic (exact) mass is 586 g/mol. The first kappa shape index (κ1) is 30.1. The minimum absolute atomic E-state index is 0.0237. The Kier molecular flexibility index (Phi) is 8.68. The van der Waals surface area contributed by atoms with E-state index >= 15 is 8.78 Å². The molecule has 2 aliphatic heterocycles. The Labute approximate surface area is 244 Å². The Hall–Kier alpha value is -3.34. The van der Waals surface area contributed by atoms with Gasteiger partial charge in [0.15, 0.2) is 17.4 Å². The molecule has 2 saturated heterocycles. The third-order valence-corrected chi connectivity index (χ3v) is 8.73. The number of nitrogens with two attached hydrogens (primary N) is 1. The van der Waals surface area contributed by atoms with E-state index in [9.17, 15) is 14.4 Å². The van der Waals surface area contributed by atoms with E-state index in [4.69, 9.17) is 15.2 Å². The number of carbonyl (C=O) groups excluding carboxylic acids is 3. The molecule has 1 aromatic heterocycles. The van der Waals surface area contributed by atoms with Crippen molar-refractivity contribution >= 4 is 17.8 Å². The summed E-state index contributed by atoms with van der Waals surface area (Å²) in [6.45, 7) is 7.38. The number of benzene rings is 1. The number of nitrogens with zero attached hydrogens (tertiary/aromatic N) is 3. The number of Topliss-reactive ketones (excluding diaryl/α,β-unsaturated/α-hetero) is 1. The number of hydrogen-bond acceptors (Lipinski definition) is 6. The highest BCUT2D eigenvalue weighted by molar-refractivity contribution is 5.92. The maximum absolute atomic E-state index is 15.3. The number of aromatic nitrogens is 2. The van der Waals surface area contributed by atoms with E-state index in [-0.39, 0.29) is 41.7 Å². The second kappa shape index (κ2) is 12.1. The Morgan fingerprint density at radius 3 is 2.55 bits per heavy atom. The van der Waals surface area contributed by atoms with Gasteiger partial charge in [0.1, 0.15) is 5.60 Å². The van der Waals surface area contributed by atoms with Gasteiger partial charge in [-0.05, 0) is 76.7 Å². The molecule has 3 aliphatic rings. The lowest BCUT2D eigenvalue weighted by Gasteiger charge is -2.36. The summed E-state index contributed by atoms with van der Waals surface area (Å²) in [5, 5.41) is 4.33. The highest BCUT2D eigenvalue weighted by Gasteiger charge is 2.52. The zero-order valence-corrected chi connectivity index (χ0v) is 24.5. The van der Waals surface area contributed by atoms with Gasteiger partial charge in [0, 0.05) is 55.5 Å². The topological polar surface area (TPSA) is 117 Å². The number of piperidine rings is 1. The van der Waals surface area contributed by atoms with Crippen LogP contribution in [0.15, 0.2) is 24.5 Å². The normalized spacial score (nSPS) is 23.3. The van der Waals surface area contributed by atoms with Crippen LogP contribution in [0.4, 0.5) is 13.6 Å². The van der Waals surface area contributed by atoms with E-state index in [1.807, 2.05) is 0 Å². The molecule has 42 heavy (non-hydrogen) atoms. The van der Waals surface area contributed by atoms with Crippen LogP contribution < -0.4 is 5.73 Å². The first-order valence-electron chi connectivity index (χ1n) is 14.8. The fourth-order valence-corrected chi connectivity index (χ4v) is 6.65. The summed E-state index contributed by atoms with van der Waals surface area (Å²) in [5.74, 6) is -3.89. The Morgan fingerprint density at radius 2 is 1.86 bits per heavy atom. The lowest BCUT2D eigenvalue weighted by Crippen LogP contribution is -2.51. The van der Waals surface area contributed by atoms with Crippen LogP contribution in [0, 0.1) is 29.4 Å². The SMILES string of the molecule is CC(C)(C)OC(=O)N1[C@@H]2CC[C@@H](C2)[C@H]1C(=O)C[C@@H](Cc1ccc(-c2cnn(CC3CCOCC3)c2)c(F)c1F)C(N)=O. The molecule has 11 heteroatoms. The van der Waals surface area contributed by atoms with Gasteiger partial charge < -0.3 is 15.2 Å². The first-order chi connectivity index (χ1) is 19.9. The zero-order chi connectivity index (χ0) is 30.2. The number of fused-ring (bicyclic) bond motifs is 2. The van der Waals surface area contributed by atoms with Crippen LogP contribution in [0.2, 0.25) is 0 Å². The van der Waals surface area contributed by atoms with Gasteiger partial charge in [-0.1, -0.05) is 12.1 Å². The van der Waals surface area contributed by atoms with E-state index in [1.54, 1.807) is 31.6 Å². The minimum Gasteiger partial charge on any atom is -0.444 e. The summed E-state index contributed by atoms with van der Waals surface area (Å²) in [6.07, 6.45) is 6.29. The van der Waals surface area contributed by atoms with Gasteiger partial charge in [-0.3, -0.25) is 19.2 Å². The molecular weight excluding hydrogens is 546 g/mol. The van der Waals surface area contributed by atoms with Crippen molar-refractivity contribution in [1.82, 2.24) is 14.7 Å². The van der Waals surface area contributed by atoms with Gasteiger partial charge in [-0.2, -0.15) is 5.10 Å². The zero-order valence-electron chi connectivity index (χ0n) is 24.5. The maximum atomic E-state index is 15.3. The molecule has 2 N–H and O–H groups in total. The van der Waals surface area contributed by atoms with Crippen molar-refractivity contribution < 1.29 is 32.6 Å². The summed E-state index contributed by atoms with van der Waals surface area (Å²) < 4.78 is 43.3. The van der Waals surface area contributed by atoms with Crippen molar-refractivity contribution in [1.29, 1.82) is 0 Å². The van der Waals surface area contributed by atoms with Crippen LogP contribution in [0.5, 0.6) is 0 Å². The summed E-state index contributed by atoms with van der Waals surface area (Å²) in [7, 11) is 0. The molecule has 3 fully saturated rings. The molecule has 4 atom stereocenters. The first-order valence-corrected chi connectivity index (χ1v) is 14.8. The van der Waals surface area contributed by atoms with Crippen molar-refractivity contribution in [2.75, 3.05) is 13.2 Å². The fourth-order valence-electron chi connectivity index (χ4n) is 6.65. The van der Waals surface area contributed by atoms with Crippen LogP contribution >= 0.6 is 0 Å². The molecule has 5 rings (SSSR count). The third kappa shape index (κ3) is 6.50. The second-order valence-corrected chi connectivity index (χ2v) is 12.9. The predicted molar refractivity (Wildman–Crippen MR) is 150 cm³/mol. The number of ketones is 1. The molecule has 1 aliphatic carbocycles. The molecule has 0 unspecified atom stereocenters. The molecule has 2 aromatic rings. The molecule has 1 saturated carbocycles. The standard InChI is InChI=1S/C31H40F2N4O5/c1-31(2,3)42-30(40)37-23-6-4-20(13-23)28(37)25(38)14-21(29(34)39)12-19-5-7-24(27(33)26(19)32)22-15-35-36(17-22)16-18-8-10-41-11-9-18/h5,7,15,17-18,20-21,23,28H,4,6,8-14,16H2,1-3H3,(H2,34,39)/t20-,21+,23+,28-/m0/s1. The molecule has 2 bridgehead atoms. The van der Waals surface area contributed by atoms with E-state index in [2.05, 4.69) is 5.10 Å². The van der Waals surface area contributed by atoms with Gasteiger partial charge in [0.05, 0.1) is 12.2 Å². The van der Waals surface area contributed by atoms with Crippen LogP contribution in [0.1, 0.15) is 64.9 Å². The number of halogens is 2. The van der Waals surface area contributed by atoms with Gasteiger partial charge >= 0.3 is 6.09 Å². The van der Waals surface area contributed by atoms with Crippen molar-refractivity contribution in [3.05, 3.63) is 41.7 Å². The Morgan fingerprint density at radius 1 is 1.12 bits per heavy atom. The quantitative estimate of drug-likeness (QED) is 0.458. The van der Waals surface area contributed by atoms with Crippen molar-refractivity contribution in [3.8, 4) is 11.1 Å². The number of carbonyl (C=O) groups is 3. The van der Waals surface area contributed by atoms with E-state index < -0.39 is 41.2 Å². The average Bonchev–Trinajstić information content (AvgIpc) is 3.67. The maximum Gasteiger partial charge on any atom is 0.411 e. The summed E-state index contributed by atoms with van der Waals surface area (Å²) >= 11 is 0. The van der Waals surface area contributed by atoms with Crippen LogP contribution in [0.25, 0.3) is 11.1 Å². The van der Waals surface area contributed by atoms with Crippen molar-refractivity contribution in [2.24, 2.45) is 23.5 Å². The predicted octanol–water partition coefficient (Wildman–Crippen LogP) is 4.65. The lowest BCUT2D eigenvalue weighted by molar-refractivity contribution is -0.131. The van der Waals surface area contributed by atoms with Crippen LogP contribution in [-0.4, -0.2) is 63.4 Å². The largest absolute Gasteiger partial charge is 0.444 e. The smallest absolute Gasteiger partial charge is 0.411 e. The Balaban J connectivity index is 1.28. The summed E-state index contributed by atoms with van der Waals surface area (Å²) in [4.78, 5) is 40.4. The number of primary amides is 1.